The second-order valence-electron chi connectivity index (χ2n) is 4.74. The number of aliphatic hydroxyl groups is 1. The van der Waals surface area contributed by atoms with Gasteiger partial charge in [-0.2, -0.15) is 0 Å². The van der Waals surface area contributed by atoms with Crippen LogP contribution in [0.15, 0.2) is 10.9 Å². The van der Waals surface area contributed by atoms with Crippen LogP contribution in [-0.4, -0.2) is 30.0 Å². The summed E-state index contributed by atoms with van der Waals surface area (Å²) in [5.41, 5.74) is 2.37. The van der Waals surface area contributed by atoms with E-state index >= 15 is 0 Å². The molecule has 0 saturated heterocycles. The normalized spacial score (nSPS) is 27.9. The third-order valence-electron chi connectivity index (χ3n) is 3.47. The molecule has 1 fully saturated rings. The van der Waals surface area contributed by atoms with Gasteiger partial charge in [0.1, 0.15) is 9.84 Å². The van der Waals surface area contributed by atoms with E-state index in [1.807, 2.05) is 5.38 Å². The molecule has 0 aliphatic heterocycles. The SMILES string of the molecule is CS(=O)(=O)C1CCCC(C(O)c2cscn2)C1. The molecule has 96 valence electrons. The molecule has 1 aromatic rings. The Balaban J connectivity index is 2.07. The molecule has 3 atom stereocenters. The summed E-state index contributed by atoms with van der Waals surface area (Å²) in [7, 11) is -2.99. The zero-order valence-corrected chi connectivity index (χ0v) is 11.4. The van der Waals surface area contributed by atoms with E-state index in [4.69, 9.17) is 0 Å². The van der Waals surface area contributed by atoms with Crippen LogP contribution in [0.1, 0.15) is 37.5 Å². The number of hydrogen-bond acceptors (Lipinski definition) is 5. The monoisotopic (exact) mass is 275 g/mol. The van der Waals surface area contributed by atoms with Gasteiger partial charge in [-0.25, -0.2) is 13.4 Å². The first-order valence-corrected chi connectivity index (χ1v) is 8.63. The Hall–Kier alpha value is -0.460. The number of thiazole rings is 1. The zero-order valence-electron chi connectivity index (χ0n) is 9.74. The van der Waals surface area contributed by atoms with Crippen molar-refractivity contribution in [1.82, 2.24) is 4.98 Å². The second-order valence-corrected chi connectivity index (χ2v) is 7.78. The highest BCUT2D eigenvalue weighted by Gasteiger charge is 2.33. The summed E-state index contributed by atoms with van der Waals surface area (Å²) in [6.45, 7) is 0. The van der Waals surface area contributed by atoms with Gasteiger partial charge in [0, 0.05) is 11.6 Å². The van der Waals surface area contributed by atoms with Crippen molar-refractivity contribution in [3.8, 4) is 0 Å². The average Bonchev–Trinajstić information content (AvgIpc) is 2.80. The number of aromatic nitrogens is 1. The van der Waals surface area contributed by atoms with Crippen molar-refractivity contribution in [2.24, 2.45) is 5.92 Å². The van der Waals surface area contributed by atoms with Gasteiger partial charge in [-0.1, -0.05) is 6.42 Å². The summed E-state index contributed by atoms with van der Waals surface area (Å²) < 4.78 is 23.1. The molecule has 1 N–H and O–H groups in total. The minimum atomic E-state index is -2.99. The average molecular weight is 275 g/mol. The van der Waals surface area contributed by atoms with Gasteiger partial charge in [0.15, 0.2) is 0 Å². The van der Waals surface area contributed by atoms with Crippen LogP contribution >= 0.6 is 11.3 Å². The molecular formula is C11H17NO3S2. The molecule has 1 saturated carbocycles. The van der Waals surface area contributed by atoms with E-state index < -0.39 is 15.9 Å². The highest BCUT2D eigenvalue weighted by atomic mass is 32.2. The largest absolute Gasteiger partial charge is 0.386 e. The van der Waals surface area contributed by atoms with E-state index in [9.17, 15) is 13.5 Å². The lowest BCUT2D eigenvalue weighted by atomic mass is 9.84. The molecule has 1 aliphatic rings. The van der Waals surface area contributed by atoms with Crippen molar-refractivity contribution in [1.29, 1.82) is 0 Å². The highest BCUT2D eigenvalue weighted by Crippen LogP contribution is 2.36. The van der Waals surface area contributed by atoms with E-state index in [0.29, 0.717) is 12.1 Å². The Labute approximate surface area is 106 Å². The summed E-state index contributed by atoms with van der Waals surface area (Å²) in [6, 6.07) is 0. The maximum atomic E-state index is 11.5. The van der Waals surface area contributed by atoms with Crippen LogP contribution in [0.4, 0.5) is 0 Å². The van der Waals surface area contributed by atoms with Crippen LogP contribution < -0.4 is 0 Å². The van der Waals surface area contributed by atoms with Gasteiger partial charge in [-0.05, 0) is 25.2 Å². The molecule has 0 radical (unpaired) electrons. The fourth-order valence-corrected chi connectivity index (χ4v) is 4.24. The van der Waals surface area contributed by atoms with Crippen molar-refractivity contribution >= 4 is 21.2 Å². The Kier molecular flexibility index (Phi) is 3.85. The molecule has 2 rings (SSSR count). The third-order valence-corrected chi connectivity index (χ3v) is 5.72. The summed E-state index contributed by atoms with van der Waals surface area (Å²) in [5.74, 6) is 0.0191. The standard InChI is InChI=1S/C11H17NO3S2/c1-17(14,15)9-4-2-3-8(5-9)11(13)10-6-16-7-12-10/h6-9,11,13H,2-5H2,1H3. The van der Waals surface area contributed by atoms with Crippen molar-refractivity contribution < 1.29 is 13.5 Å². The van der Waals surface area contributed by atoms with E-state index in [0.717, 1.165) is 19.3 Å². The van der Waals surface area contributed by atoms with Crippen LogP contribution in [-0.2, 0) is 9.84 Å². The lowest BCUT2D eigenvalue weighted by molar-refractivity contribution is 0.0825. The smallest absolute Gasteiger partial charge is 0.150 e. The molecule has 17 heavy (non-hydrogen) atoms. The lowest BCUT2D eigenvalue weighted by Crippen LogP contribution is -2.30. The summed E-state index contributed by atoms with van der Waals surface area (Å²) in [5, 5.41) is 11.7. The van der Waals surface area contributed by atoms with Crippen LogP contribution in [0.2, 0.25) is 0 Å². The van der Waals surface area contributed by atoms with Gasteiger partial charge in [0.2, 0.25) is 0 Å². The predicted molar refractivity (Wildman–Crippen MR) is 67.7 cm³/mol. The molecule has 0 bridgehead atoms. The van der Waals surface area contributed by atoms with E-state index in [-0.39, 0.29) is 11.2 Å². The summed E-state index contributed by atoms with van der Waals surface area (Å²) in [6.07, 6.45) is 3.69. The minimum absolute atomic E-state index is 0.0191. The molecule has 0 aromatic carbocycles. The van der Waals surface area contributed by atoms with Crippen LogP contribution in [0.25, 0.3) is 0 Å². The van der Waals surface area contributed by atoms with Crippen molar-refractivity contribution in [2.75, 3.05) is 6.26 Å². The third kappa shape index (κ3) is 3.05. The first-order valence-electron chi connectivity index (χ1n) is 5.73. The van der Waals surface area contributed by atoms with E-state index in [2.05, 4.69) is 4.98 Å². The van der Waals surface area contributed by atoms with Gasteiger partial charge in [0.25, 0.3) is 0 Å². The van der Waals surface area contributed by atoms with Crippen LogP contribution in [0, 0.1) is 5.92 Å². The van der Waals surface area contributed by atoms with E-state index in [1.165, 1.54) is 17.6 Å². The number of hydrogen-bond donors (Lipinski definition) is 1. The topological polar surface area (TPSA) is 67.3 Å². The first kappa shape index (κ1) is 13.0. The van der Waals surface area contributed by atoms with Crippen molar-refractivity contribution in [2.45, 2.75) is 37.0 Å². The Bertz CT molecular complexity index is 455. The molecular weight excluding hydrogens is 258 g/mol. The Morgan fingerprint density at radius 3 is 2.88 bits per heavy atom. The molecule has 1 aromatic heterocycles. The van der Waals surface area contributed by atoms with Gasteiger partial charge in [-0.15, -0.1) is 11.3 Å². The summed E-state index contributed by atoms with van der Waals surface area (Å²) >= 11 is 1.45. The molecule has 4 nitrogen and oxygen atoms in total. The van der Waals surface area contributed by atoms with Gasteiger partial charge in [-0.3, -0.25) is 0 Å². The molecule has 1 heterocycles. The molecule has 3 unspecified atom stereocenters. The quantitative estimate of drug-likeness (QED) is 0.913. The number of aliphatic hydroxyl groups excluding tert-OH is 1. The lowest BCUT2D eigenvalue weighted by Gasteiger charge is -2.30. The van der Waals surface area contributed by atoms with E-state index in [1.54, 1.807) is 5.51 Å². The number of rotatable bonds is 3. The second kappa shape index (κ2) is 5.04. The number of sulfone groups is 1. The molecule has 1 aliphatic carbocycles. The highest BCUT2D eigenvalue weighted by molar-refractivity contribution is 7.91. The minimum Gasteiger partial charge on any atom is -0.386 e. The van der Waals surface area contributed by atoms with Gasteiger partial charge in [0.05, 0.1) is 22.6 Å². The summed E-state index contributed by atoms with van der Waals surface area (Å²) in [4.78, 5) is 4.10. The maximum Gasteiger partial charge on any atom is 0.150 e. The van der Waals surface area contributed by atoms with Crippen molar-refractivity contribution in [3.05, 3.63) is 16.6 Å². The molecule has 6 heteroatoms. The van der Waals surface area contributed by atoms with Gasteiger partial charge >= 0.3 is 0 Å². The van der Waals surface area contributed by atoms with Crippen LogP contribution in [0.5, 0.6) is 0 Å². The maximum absolute atomic E-state index is 11.5. The zero-order chi connectivity index (χ0) is 12.5. The predicted octanol–water partition coefficient (Wildman–Crippen LogP) is 1.78. The van der Waals surface area contributed by atoms with Crippen molar-refractivity contribution in [3.63, 3.8) is 0 Å². The first-order chi connectivity index (χ1) is 7.98. The molecule has 0 spiro atoms. The fraction of sp³-hybridized carbons (Fsp3) is 0.727. The van der Waals surface area contributed by atoms with Gasteiger partial charge < -0.3 is 5.11 Å². The Morgan fingerprint density at radius 1 is 1.53 bits per heavy atom. The van der Waals surface area contributed by atoms with Crippen LogP contribution in [0.3, 0.4) is 0 Å². The fourth-order valence-electron chi connectivity index (χ4n) is 2.47. The number of nitrogens with zero attached hydrogens (tertiary/aromatic N) is 1. The molecule has 0 amide bonds. The Morgan fingerprint density at radius 2 is 2.29 bits per heavy atom.